The molecule has 0 saturated carbocycles. The molecule has 34 heavy (non-hydrogen) atoms. The monoisotopic (exact) mass is 511 g/mol. The summed E-state index contributed by atoms with van der Waals surface area (Å²) in [4.78, 5) is 51.9. The summed E-state index contributed by atoms with van der Waals surface area (Å²) in [5.41, 5.74) is 1.81. The van der Waals surface area contributed by atoms with Crippen molar-refractivity contribution < 1.29 is 38.5 Å². The fraction of sp³-hybridized carbons (Fsp3) is 0.381. The Balaban J connectivity index is 0.000000257. The number of hydrogen-bond donors (Lipinski definition) is 3. The van der Waals surface area contributed by atoms with Crippen molar-refractivity contribution in [1.29, 1.82) is 0 Å². The smallest absolute Gasteiger partial charge is 0.375 e. The second-order valence-corrected chi connectivity index (χ2v) is 8.34. The summed E-state index contributed by atoms with van der Waals surface area (Å²) in [5, 5.41) is 13.5. The molecular formula is C21H25N3O8S2. The van der Waals surface area contributed by atoms with Gasteiger partial charge in [0, 0.05) is 17.2 Å². The van der Waals surface area contributed by atoms with Crippen LogP contribution >= 0.6 is 23.5 Å². The van der Waals surface area contributed by atoms with E-state index in [0.29, 0.717) is 10.9 Å². The normalized spacial score (nSPS) is 14.7. The lowest BCUT2D eigenvalue weighted by Crippen LogP contribution is -2.42. The van der Waals surface area contributed by atoms with Crippen molar-refractivity contribution in [2.75, 3.05) is 31.8 Å². The van der Waals surface area contributed by atoms with E-state index in [1.807, 2.05) is 12.1 Å². The lowest BCUT2D eigenvalue weighted by Gasteiger charge is -2.20. The molecular weight excluding hydrogens is 486 g/mol. The van der Waals surface area contributed by atoms with Gasteiger partial charge in [0.15, 0.2) is 5.16 Å². The van der Waals surface area contributed by atoms with Gasteiger partial charge in [-0.05, 0) is 26.0 Å². The minimum absolute atomic E-state index is 0.00418. The predicted molar refractivity (Wildman–Crippen MR) is 127 cm³/mol. The highest BCUT2D eigenvalue weighted by atomic mass is 32.2. The molecule has 0 aliphatic carbocycles. The third-order valence-electron chi connectivity index (χ3n) is 4.10. The molecule has 0 spiro atoms. The number of H-pyrrole nitrogens is 1. The van der Waals surface area contributed by atoms with Crippen molar-refractivity contribution in [1.82, 2.24) is 15.3 Å². The van der Waals surface area contributed by atoms with E-state index < -0.39 is 29.7 Å². The summed E-state index contributed by atoms with van der Waals surface area (Å²) in [6, 6.07) is 4.73. The molecule has 0 radical (unpaired) electrons. The summed E-state index contributed by atoms with van der Waals surface area (Å²) in [6.07, 6.45) is 0. The average Bonchev–Trinajstić information content (AvgIpc) is 3.25. The Morgan fingerprint density at radius 2 is 1.94 bits per heavy atom. The van der Waals surface area contributed by atoms with Crippen LogP contribution in [0.3, 0.4) is 0 Å². The number of aromatic nitrogens is 2. The number of ketones is 1. The number of nitrogens with zero attached hydrogens (tertiary/aromatic N) is 1. The first-order valence-corrected chi connectivity index (χ1v) is 12.2. The molecule has 1 aromatic carbocycles. The SMILES string of the molecule is CCOC(=O)C(=O)CSc1nc2ccc(OC)cc2[nH]1.CCOC(=O)C1=CSCC(C(=O)O)N1. The molecule has 1 aliphatic rings. The number of Topliss-reactive ketones (excluding diaryl/α,β-unsaturated/α-hetero) is 1. The minimum atomic E-state index is -0.965. The highest BCUT2D eigenvalue weighted by Crippen LogP contribution is 2.23. The maximum absolute atomic E-state index is 11.5. The number of carboxylic acids is 1. The molecule has 0 saturated heterocycles. The first-order chi connectivity index (χ1) is 16.3. The maximum Gasteiger partial charge on any atom is 0.375 e. The van der Waals surface area contributed by atoms with Crippen LogP contribution in [-0.2, 0) is 28.7 Å². The molecule has 3 N–H and O–H groups in total. The second-order valence-electron chi connectivity index (χ2n) is 6.48. The summed E-state index contributed by atoms with van der Waals surface area (Å²) in [7, 11) is 1.59. The van der Waals surface area contributed by atoms with Crippen LogP contribution in [0.4, 0.5) is 0 Å². The van der Waals surface area contributed by atoms with Gasteiger partial charge in [-0.2, -0.15) is 0 Å². The Labute approximate surface area is 204 Å². The molecule has 1 aliphatic heterocycles. The molecule has 1 atom stereocenters. The largest absolute Gasteiger partial charge is 0.497 e. The zero-order valence-corrected chi connectivity index (χ0v) is 20.4. The number of aromatic amines is 1. The molecule has 1 aromatic heterocycles. The number of ether oxygens (including phenoxy) is 3. The molecule has 11 nitrogen and oxygen atoms in total. The van der Waals surface area contributed by atoms with Crippen molar-refractivity contribution in [3.63, 3.8) is 0 Å². The molecule has 2 aromatic rings. The fourth-order valence-corrected chi connectivity index (χ4v) is 4.08. The number of esters is 2. The van der Waals surface area contributed by atoms with Gasteiger partial charge >= 0.3 is 17.9 Å². The number of hydrogen-bond acceptors (Lipinski definition) is 11. The van der Waals surface area contributed by atoms with Gasteiger partial charge in [-0.25, -0.2) is 19.4 Å². The van der Waals surface area contributed by atoms with Crippen molar-refractivity contribution >= 4 is 58.2 Å². The number of rotatable bonds is 9. The molecule has 0 bridgehead atoms. The number of carbonyl (C=O) groups is 4. The Bertz CT molecular complexity index is 1070. The quantitative estimate of drug-likeness (QED) is 0.256. The van der Waals surface area contributed by atoms with E-state index in [-0.39, 0.29) is 24.7 Å². The molecule has 3 rings (SSSR count). The Morgan fingerprint density at radius 3 is 2.59 bits per heavy atom. The lowest BCUT2D eigenvalue weighted by molar-refractivity contribution is -0.152. The Morgan fingerprint density at radius 1 is 1.21 bits per heavy atom. The second kappa shape index (κ2) is 13.5. The highest BCUT2D eigenvalue weighted by Gasteiger charge is 2.25. The topological polar surface area (TPSA) is 157 Å². The zero-order valence-electron chi connectivity index (χ0n) is 18.8. The van der Waals surface area contributed by atoms with Crippen LogP contribution in [-0.4, -0.2) is 76.6 Å². The first-order valence-electron chi connectivity index (χ1n) is 10.1. The van der Waals surface area contributed by atoms with Crippen molar-refractivity contribution in [2.24, 2.45) is 0 Å². The molecule has 0 amide bonds. The summed E-state index contributed by atoms with van der Waals surface area (Å²) >= 11 is 2.45. The van der Waals surface area contributed by atoms with Gasteiger partial charge in [-0.15, -0.1) is 11.8 Å². The lowest BCUT2D eigenvalue weighted by atomic mass is 10.3. The maximum atomic E-state index is 11.5. The Kier molecular flexibility index (Phi) is 10.7. The number of carboxylic acid groups (broad SMARTS) is 1. The van der Waals surface area contributed by atoms with Crippen LogP contribution in [0.5, 0.6) is 5.75 Å². The van der Waals surface area contributed by atoms with Crippen LogP contribution in [0, 0.1) is 0 Å². The number of aliphatic carboxylic acids is 1. The van der Waals surface area contributed by atoms with E-state index in [1.54, 1.807) is 32.4 Å². The average molecular weight is 512 g/mol. The van der Waals surface area contributed by atoms with E-state index in [1.165, 1.54) is 11.8 Å². The van der Waals surface area contributed by atoms with E-state index in [0.717, 1.165) is 28.5 Å². The first kappa shape index (κ1) is 27.1. The summed E-state index contributed by atoms with van der Waals surface area (Å²) in [5.74, 6) is -1.72. The van der Waals surface area contributed by atoms with Crippen LogP contribution in [0.15, 0.2) is 34.5 Å². The summed E-state index contributed by atoms with van der Waals surface area (Å²) < 4.78 is 14.5. The third kappa shape index (κ3) is 7.99. The van der Waals surface area contributed by atoms with Crippen LogP contribution in [0.2, 0.25) is 0 Å². The number of nitrogens with one attached hydrogen (secondary N) is 2. The number of methoxy groups -OCH3 is 1. The van der Waals surface area contributed by atoms with Gasteiger partial charge in [0.05, 0.1) is 37.1 Å². The fourth-order valence-electron chi connectivity index (χ4n) is 2.51. The van der Waals surface area contributed by atoms with E-state index in [9.17, 15) is 19.2 Å². The summed E-state index contributed by atoms with van der Waals surface area (Å²) in [6.45, 7) is 3.83. The Hall–Kier alpha value is -3.19. The number of thioether (sulfide) groups is 2. The standard InChI is InChI=1S/C13H14N2O4S.C8H11NO4S/c1-3-19-12(17)11(16)7-20-13-14-9-5-4-8(18-2)6-10(9)15-13;1-2-13-8(12)6-4-14-3-5(9-6)7(10)11/h4-6H,3,7H2,1-2H3,(H,14,15);4-5,9H,2-3H2,1H3,(H,10,11). The van der Waals surface area contributed by atoms with E-state index in [2.05, 4.69) is 20.0 Å². The minimum Gasteiger partial charge on any atom is -0.497 e. The van der Waals surface area contributed by atoms with Gasteiger partial charge in [0.2, 0.25) is 5.78 Å². The van der Waals surface area contributed by atoms with Crippen molar-refractivity contribution in [3.8, 4) is 5.75 Å². The molecule has 1 unspecified atom stereocenters. The number of fused-ring (bicyclic) bond motifs is 1. The number of benzene rings is 1. The number of carbonyl (C=O) groups excluding carboxylic acids is 3. The third-order valence-corrected chi connectivity index (χ3v) is 5.90. The van der Waals surface area contributed by atoms with Crippen LogP contribution in [0.25, 0.3) is 11.0 Å². The van der Waals surface area contributed by atoms with Crippen LogP contribution in [0.1, 0.15) is 13.8 Å². The van der Waals surface area contributed by atoms with Crippen LogP contribution < -0.4 is 10.1 Å². The van der Waals surface area contributed by atoms with Gasteiger partial charge < -0.3 is 29.6 Å². The zero-order chi connectivity index (χ0) is 25.1. The predicted octanol–water partition coefficient (Wildman–Crippen LogP) is 1.98. The van der Waals surface area contributed by atoms with Gasteiger partial charge in [0.25, 0.3) is 0 Å². The molecule has 0 fully saturated rings. The van der Waals surface area contributed by atoms with Gasteiger partial charge in [-0.3, -0.25) is 4.79 Å². The van der Waals surface area contributed by atoms with Crippen molar-refractivity contribution in [3.05, 3.63) is 29.3 Å². The van der Waals surface area contributed by atoms with Gasteiger partial charge in [-0.1, -0.05) is 11.8 Å². The number of imidazole rings is 1. The van der Waals surface area contributed by atoms with Gasteiger partial charge in [0.1, 0.15) is 17.5 Å². The molecule has 184 valence electrons. The van der Waals surface area contributed by atoms with E-state index >= 15 is 0 Å². The van der Waals surface area contributed by atoms with E-state index in [4.69, 9.17) is 14.6 Å². The molecule has 2 heterocycles. The molecule has 13 heteroatoms. The van der Waals surface area contributed by atoms with Crippen molar-refractivity contribution in [2.45, 2.75) is 25.0 Å². The highest BCUT2D eigenvalue weighted by molar-refractivity contribution is 8.02.